The Kier molecular flexibility index (Phi) is 6.61. The van der Waals surface area contributed by atoms with Crippen LogP contribution in [0.1, 0.15) is 46.3 Å². The van der Waals surface area contributed by atoms with Gasteiger partial charge in [0.25, 0.3) is 5.91 Å². The standard InChI is InChI=1S/C29H32N4O4/c34-24-6-4-21-19-22(3-5-23(21)24)27-25(20-7-9-30-10-8-20)26(35)28(37-27)29(36)33-17-15-32(16-18-33)14-13-31-11-1-2-12-31/h3,5,7-10,19,28H,1-2,4,6,11-18H2. The van der Waals surface area contributed by atoms with Crippen molar-refractivity contribution in [2.45, 2.75) is 31.8 Å². The Morgan fingerprint density at radius 2 is 1.57 bits per heavy atom. The molecule has 6 rings (SSSR count). The van der Waals surface area contributed by atoms with Crippen LogP contribution in [0.3, 0.4) is 0 Å². The summed E-state index contributed by atoms with van der Waals surface area (Å²) in [5, 5.41) is 0. The summed E-state index contributed by atoms with van der Waals surface area (Å²) >= 11 is 0. The second-order valence-corrected chi connectivity index (χ2v) is 10.3. The van der Waals surface area contributed by atoms with E-state index in [0.29, 0.717) is 42.8 Å². The second kappa shape index (κ2) is 10.2. The Morgan fingerprint density at radius 3 is 2.30 bits per heavy atom. The van der Waals surface area contributed by atoms with Gasteiger partial charge < -0.3 is 14.5 Å². The van der Waals surface area contributed by atoms with Crippen molar-refractivity contribution in [3.05, 3.63) is 65.0 Å². The van der Waals surface area contributed by atoms with E-state index in [0.717, 1.165) is 42.9 Å². The average Bonchev–Trinajstić information content (AvgIpc) is 3.67. The van der Waals surface area contributed by atoms with Gasteiger partial charge in [-0.25, -0.2) is 0 Å². The summed E-state index contributed by atoms with van der Waals surface area (Å²) in [6.45, 7) is 7.25. The van der Waals surface area contributed by atoms with Crippen LogP contribution in [0.25, 0.3) is 11.3 Å². The molecule has 0 bridgehead atoms. The van der Waals surface area contributed by atoms with Crippen LogP contribution in [0.4, 0.5) is 0 Å². The van der Waals surface area contributed by atoms with E-state index in [9.17, 15) is 14.4 Å². The van der Waals surface area contributed by atoms with Crippen molar-refractivity contribution >= 4 is 28.8 Å². The Labute approximate surface area is 216 Å². The number of piperazine rings is 1. The van der Waals surface area contributed by atoms with Crippen molar-refractivity contribution in [3.63, 3.8) is 0 Å². The van der Waals surface area contributed by atoms with Crippen LogP contribution < -0.4 is 0 Å². The number of rotatable bonds is 6. The molecule has 0 spiro atoms. The van der Waals surface area contributed by atoms with Gasteiger partial charge in [-0.15, -0.1) is 0 Å². The van der Waals surface area contributed by atoms with Crippen molar-refractivity contribution in [2.75, 3.05) is 52.4 Å². The summed E-state index contributed by atoms with van der Waals surface area (Å²) < 4.78 is 6.18. The van der Waals surface area contributed by atoms with Crippen molar-refractivity contribution in [3.8, 4) is 0 Å². The van der Waals surface area contributed by atoms with Crippen LogP contribution in [-0.2, 0) is 20.7 Å². The maximum Gasteiger partial charge on any atom is 0.271 e. The molecule has 3 aliphatic heterocycles. The molecule has 1 amide bonds. The van der Waals surface area contributed by atoms with E-state index < -0.39 is 6.10 Å². The van der Waals surface area contributed by atoms with Gasteiger partial charge in [0.15, 0.2) is 5.78 Å². The van der Waals surface area contributed by atoms with Gasteiger partial charge in [0.1, 0.15) is 5.76 Å². The lowest BCUT2D eigenvalue weighted by molar-refractivity contribution is -0.145. The van der Waals surface area contributed by atoms with Crippen molar-refractivity contribution in [1.82, 2.24) is 19.7 Å². The molecule has 1 atom stereocenters. The topological polar surface area (TPSA) is 83.0 Å². The highest BCUT2D eigenvalue weighted by molar-refractivity contribution is 6.36. The highest BCUT2D eigenvalue weighted by Gasteiger charge is 2.43. The molecule has 0 saturated carbocycles. The Hall–Kier alpha value is -3.36. The zero-order valence-corrected chi connectivity index (χ0v) is 21.0. The first-order chi connectivity index (χ1) is 18.1. The summed E-state index contributed by atoms with van der Waals surface area (Å²) in [5.74, 6) is -0.0526. The molecular weight excluding hydrogens is 468 g/mol. The molecule has 1 aliphatic carbocycles. The predicted molar refractivity (Wildman–Crippen MR) is 139 cm³/mol. The van der Waals surface area contributed by atoms with E-state index in [1.54, 1.807) is 29.4 Å². The number of Topliss-reactive ketones (excluding diaryl/α,β-unsaturated/α-hetero) is 2. The van der Waals surface area contributed by atoms with Crippen molar-refractivity contribution in [2.24, 2.45) is 0 Å². The monoisotopic (exact) mass is 500 g/mol. The third-order valence-corrected chi connectivity index (χ3v) is 8.04. The molecule has 192 valence electrons. The fraction of sp³-hybridized carbons (Fsp3) is 0.448. The predicted octanol–water partition coefficient (Wildman–Crippen LogP) is 2.29. The zero-order chi connectivity index (χ0) is 25.4. The number of carbonyl (C=O) groups excluding carboxylic acids is 3. The SMILES string of the molecule is O=C1CCc2cc(C3=C(c4ccncc4)C(=O)C(C(=O)N4CCN(CCN5CCCC5)CC4)O3)ccc21. The zero-order valence-electron chi connectivity index (χ0n) is 21.0. The van der Waals surface area contributed by atoms with Crippen LogP contribution in [-0.4, -0.2) is 95.6 Å². The number of benzene rings is 1. The molecule has 1 aromatic carbocycles. The highest BCUT2D eigenvalue weighted by Crippen LogP contribution is 2.38. The lowest BCUT2D eigenvalue weighted by atomic mass is 9.96. The Bertz CT molecular complexity index is 1240. The van der Waals surface area contributed by atoms with Crippen LogP contribution >= 0.6 is 0 Å². The minimum absolute atomic E-state index is 0.140. The quantitative estimate of drug-likeness (QED) is 0.563. The number of hydrogen-bond acceptors (Lipinski definition) is 7. The van der Waals surface area contributed by atoms with E-state index in [-0.39, 0.29) is 17.5 Å². The minimum atomic E-state index is -1.19. The van der Waals surface area contributed by atoms with Gasteiger partial charge >= 0.3 is 0 Å². The summed E-state index contributed by atoms with van der Waals surface area (Å²) in [6, 6.07) is 9.08. The summed E-state index contributed by atoms with van der Waals surface area (Å²) in [6.07, 6.45) is 5.83. The Morgan fingerprint density at radius 1 is 0.865 bits per heavy atom. The van der Waals surface area contributed by atoms with Gasteiger partial charge in [0, 0.05) is 69.2 Å². The van der Waals surface area contributed by atoms with Gasteiger partial charge in [0.05, 0.1) is 5.57 Å². The van der Waals surface area contributed by atoms with Gasteiger partial charge in [-0.3, -0.25) is 24.3 Å². The number of ketones is 2. The minimum Gasteiger partial charge on any atom is -0.471 e. The fourth-order valence-corrected chi connectivity index (χ4v) is 5.88. The molecule has 2 aromatic rings. The smallest absolute Gasteiger partial charge is 0.271 e. The van der Waals surface area contributed by atoms with Crippen LogP contribution in [0.15, 0.2) is 42.7 Å². The summed E-state index contributed by atoms with van der Waals surface area (Å²) in [4.78, 5) is 50.1. The summed E-state index contributed by atoms with van der Waals surface area (Å²) in [7, 11) is 0. The molecule has 4 aliphatic rings. The van der Waals surface area contributed by atoms with Gasteiger partial charge in [-0.1, -0.05) is 12.1 Å². The van der Waals surface area contributed by atoms with Crippen molar-refractivity contribution < 1.29 is 19.1 Å². The first kappa shape index (κ1) is 24.0. The van der Waals surface area contributed by atoms with E-state index in [4.69, 9.17) is 4.74 Å². The number of likely N-dealkylation sites (tertiary alicyclic amines) is 1. The van der Waals surface area contributed by atoms with E-state index in [2.05, 4.69) is 14.8 Å². The maximum absolute atomic E-state index is 13.7. The van der Waals surface area contributed by atoms with Gasteiger partial charge in [0.2, 0.25) is 11.9 Å². The maximum atomic E-state index is 13.7. The molecule has 37 heavy (non-hydrogen) atoms. The third-order valence-electron chi connectivity index (χ3n) is 8.04. The molecule has 0 radical (unpaired) electrons. The number of pyridine rings is 1. The average molecular weight is 501 g/mol. The van der Waals surface area contributed by atoms with E-state index in [1.807, 2.05) is 18.2 Å². The number of aromatic nitrogens is 1. The normalized spacial score (nSPS) is 22.6. The number of carbonyl (C=O) groups is 3. The van der Waals surface area contributed by atoms with Crippen molar-refractivity contribution in [1.29, 1.82) is 0 Å². The molecule has 2 saturated heterocycles. The van der Waals surface area contributed by atoms with E-state index in [1.165, 1.54) is 25.9 Å². The lowest BCUT2D eigenvalue weighted by Crippen LogP contribution is -2.53. The Balaban J connectivity index is 1.18. The molecular formula is C29H32N4O4. The van der Waals surface area contributed by atoms with Crippen LogP contribution in [0.5, 0.6) is 0 Å². The first-order valence-corrected chi connectivity index (χ1v) is 13.3. The molecule has 8 heteroatoms. The number of hydrogen-bond donors (Lipinski definition) is 0. The third kappa shape index (κ3) is 4.71. The van der Waals surface area contributed by atoms with Gasteiger partial charge in [-0.05, 0) is 61.7 Å². The largest absolute Gasteiger partial charge is 0.471 e. The number of aryl methyl sites for hydroxylation is 1. The fourth-order valence-electron chi connectivity index (χ4n) is 5.88. The lowest BCUT2D eigenvalue weighted by Gasteiger charge is -2.36. The van der Waals surface area contributed by atoms with Gasteiger partial charge in [-0.2, -0.15) is 0 Å². The highest BCUT2D eigenvalue weighted by atomic mass is 16.5. The second-order valence-electron chi connectivity index (χ2n) is 10.3. The first-order valence-electron chi connectivity index (χ1n) is 13.3. The van der Waals surface area contributed by atoms with Crippen LogP contribution in [0.2, 0.25) is 0 Å². The number of fused-ring (bicyclic) bond motifs is 1. The molecule has 0 N–H and O–H groups in total. The molecule has 8 nitrogen and oxygen atoms in total. The molecule has 1 aromatic heterocycles. The molecule has 4 heterocycles. The van der Waals surface area contributed by atoms with Crippen LogP contribution in [0, 0.1) is 0 Å². The molecule has 2 fully saturated rings. The number of nitrogens with zero attached hydrogens (tertiary/aromatic N) is 4. The summed E-state index contributed by atoms with van der Waals surface area (Å²) in [5.41, 5.74) is 3.48. The number of amides is 1. The van der Waals surface area contributed by atoms with E-state index >= 15 is 0 Å². The number of ether oxygens (including phenoxy) is 1. The molecule has 1 unspecified atom stereocenters.